The van der Waals surface area contributed by atoms with E-state index in [1.807, 2.05) is 169 Å². The Hall–Kier alpha value is -14.6. The molecular weight excluding hydrogens is 1410 g/mol. The van der Waals surface area contributed by atoms with Crippen LogP contribution in [0.1, 0.15) is 0 Å². The zero-order chi connectivity index (χ0) is 74.0. The molecule has 10 nitrogen and oxygen atoms in total. The van der Waals surface area contributed by atoms with Crippen LogP contribution in [-0.4, -0.2) is 49.0 Å². The predicted molar refractivity (Wildman–Crippen MR) is 464 cm³/mol. The fourth-order valence-corrected chi connectivity index (χ4v) is 18.1. The van der Waals surface area contributed by atoms with Crippen molar-refractivity contribution in [2.24, 2.45) is 0 Å². The summed E-state index contributed by atoms with van der Waals surface area (Å²) in [6.07, 6.45) is 3.93. The lowest BCUT2D eigenvalue weighted by Crippen LogP contribution is -2.02. The van der Waals surface area contributed by atoms with Gasteiger partial charge in [0.2, 0.25) is 0 Å². The first kappa shape index (κ1) is 65.7. The highest BCUT2D eigenvalue weighted by molar-refractivity contribution is 7.26. The summed E-state index contributed by atoms with van der Waals surface area (Å²) in [6, 6.07) is 127. The van der Waals surface area contributed by atoms with E-state index in [2.05, 4.69) is 240 Å². The minimum atomic E-state index is 0.574. The lowest BCUT2D eigenvalue weighted by atomic mass is 9.98. The number of benzene rings is 14. The van der Waals surface area contributed by atoms with Crippen LogP contribution in [0.5, 0.6) is 0 Å². The number of fused-ring (bicyclic) bond motifs is 12. The first-order valence-electron chi connectivity index (χ1n) is 37.3. The standard InChI is InChI=1S/2C50H31N5S/c1-5-16-32(17-6-1)35-28-42(50-53-48(33-18-7-2-8-19-33)52-49(54-50)34-20-9-3-10-21-34)46(51-31-35)39-26-15-25-38-41-29-40-37-24-13-14-27-43(37)55(36-22-11-4-12-23-36)44(40)30-45(41)56-47(38)39;1-5-15-32(16-6-1)36-27-42(50-53-48(33-17-7-2-8-18-33)52-49(54-50)34-19-9-3-10-20-34)47(51-31-36)35-25-26-39-41-29-40-38-23-13-14-24-43(38)55(37-21-11-4-12-22-37)44(40)30-46(41)56-45(39)28-35/h2*1-31H. The summed E-state index contributed by atoms with van der Waals surface area (Å²) in [5.41, 5.74) is 20.3. The molecule has 0 amide bonds. The highest BCUT2D eigenvalue weighted by Crippen LogP contribution is 2.48. The van der Waals surface area contributed by atoms with Gasteiger partial charge in [0.1, 0.15) is 0 Å². The van der Waals surface area contributed by atoms with E-state index in [1.165, 1.54) is 84.0 Å². The molecule has 0 unspecified atom stereocenters. The summed E-state index contributed by atoms with van der Waals surface area (Å²) >= 11 is 3.63. The van der Waals surface area contributed by atoms with Gasteiger partial charge in [0, 0.05) is 141 Å². The van der Waals surface area contributed by atoms with Crippen LogP contribution in [0.2, 0.25) is 0 Å². The Labute approximate surface area is 652 Å². The molecule has 0 fully saturated rings. The van der Waals surface area contributed by atoms with Crippen molar-refractivity contribution in [3.8, 4) is 124 Å². The van der Waals surface area contributed by atoms with Gasteiger partial charge in [-0.15, -0.1) is 22.7 Å². The summed E-state index contributed by atoms with van der Waals surface area (Å²) < 4.78 is 9.60. The molecule has 0 bridgehead atoms. The van der Waals surface area contributed by atoms with E-state index >= 15 is 0 Å². The highest BCUT2D eigenvalue weighted by Gasteiger charge is 2.25. The van der Waals surface area contributed by atoms with Crippen molar-refractivity contribution in [1.82, 2.24) is 49.0 Å². The normalized spacial score (nSPS) is 11.6. The van der Waals surface area contributed by atoms with Crippen molar-refractivity contribution in [3.63, 3.8) is 0 Å². The van der Waals surface area contributed by atoms with Gasteiger partial charge in [-0.25, -0.2) is 29.9 Å². The Bertz CT molecular complexity index is 7220. The second-order valence-electron chi connectivity index (χ2n) is 27.8. The molecule has 0 saturated heterocycles. The van der Waals surface area contributed by atoms with Gasteiger partial charge in [-0.2, -0.15) is 0 Å². The molecule has 524 valence electrons. The van der Waals surface area contributed by atoms with Gasteiger partial charge < -0.3 is 9.13 Å². The van der Waals surface area contributed by atoms with E-state index in [0.717, 1.165) is 89.5 Å². The first-order valence-corrected chi connectivity index (χ1v) is 38.9. The monoisotopic (exact) mass is 1470 g/mol. The van der Waals surface area contributed by atoms with Gasteiger partial charge in [-0.3, -0.25) is 9.97 Å². The van der Waals surface area contributed by atoms with E-state index in [1.54, 1.807) is 0 Å². The van der Waals surface area contributed by atoms with Crippen LogP contribution in [0, 0.1) is 0 Å². The molecule has 0 aliphatic rings. The van der Waals surface area contributed by atoms with Crippen LogP contribution in [0.3, 0.4) is 0 Å². The Balaban J connectivity index is 0.000000141. The van der Waals surface area contributed by atoms with Crippen molar-refractivity contribution in [2.75, 3.05) is 0 Å². The van der Waals surface area contributed by atoms with Crippen LogP contribution in [0.15, 0.2) is 376 Å². The fraction of sp³-hybridized carbons (Fsp3) is 0. The first-order chi connectivity index (χ1) is 55.5. The van der Waals surface area contributed by atoms with Gasteiger partial charge in [0.05, 0.1) is 33.5 Å². The second kappa shape index (κ2) is 27.9. The van der Waals surface area contributed by atoms with E-state index < -0.39 is 0 Å². The molecule has 0 saturated carbocycles. The van der Waals surface area contributed by atoms with Crippen molar-refractivity contribution < 1.29 is 0 Å². The fourth-order valence-electron chi connectivity index (χ4n) is 15.7. The van der Waals surface area contributed by atoms with Crippen molar-refractivity contribution >= 4 is 107 Å². The van der Waals surface area contributed by atoms with Crippen molar-refractivity contribution in [3.05, 3.63) is 376 Å². The third-order valence-electron chi connectivity index (χ3n) is 21.0. The molecule has 0 aliphatic heterocycles. The topological polar surface area (TPSA) is 113 Å². The molecular formula is C100H62N10S2. The molecule has 112 heavy (non-hydrogen) atoms. The Kier molecular flexibility index (Phi) is 16.4. The van der Waals surface area contributed by atoms with Crippen LogP contribution in [-0.2, 0) is 0 Å². The molecule has 14 aromatic carbocycles. The van der Waals surface area contributed by atoms with E-state index in [9.17, 15) is 0 Å². The summed E-state index contributed by atoms with van der Waals surface area (Å²) in [5.74, 6) is 3.61. The smallest absolute Gasteiger partial charge is 0.166 e. The SMILES string of the molecule is c1ccc(-c2cnc(-c3ccc4c(c3)sc3cc5c(cc34)c3ccccc3n5-c3ccccc3)c(-c3nc(-c4ccccc4)nc(-c4ccccc4)n3)c2)cc1.c1ccc(-c2cnc(-c3cccc4c3sc3cc5c(cc34)c3ccccc3n5-c3ccccc3)c(-c3nc(-c4ccccc4)nc(-c4ccccc4)n3)c2)cc1. The van der Waals surface area contributed by atoms with Crippen molar-refractivity contribution in [1.29, 1.82) is 0 Å². The molecule has 0 radical (unpaired) electrons. The Morgan fingerprint density at radius 2 is 0.554 bits per heavy atom. The maximum atomic E-state index is 5.27. The average molecular weight is 1470 g/mol. The molecule has 8 aromatic heterocycles. The molecule has 12 heteroatoms. The second-order valence-corrected chi connectivity index (χ2v) is 29.9. The number of thiophene rings is 2. The van der Waals surface area contributed by atoms with Crippen molar-refractivity contribution in [2.45, 2.75) is 0 Å². The molecule has 0 N–H and O–H groups in total. The quantitative estimate of drug-likeness (QED) is 0.119. The third-order valence-corrected chi connectivity index (χ3v) is 23.3. The lowest BCUT2D eigenvalue weighted by molar-refractivity contribution is 1.07. The third kappa shape index (κ3) is 11.8. The summed E-state index contributed by atoms with van der Waals surface area (Å²) in [5, 5.41) is 9.89. The number of rotatable bonds is 12. The molecule has 0 spiro atoms. The predicted octanol–water partition coefficient (Wildman–Crippen LogP) is 26.1. The minimum Gasteiger partial charge on any atom is -0.309 e. The molecule has 22 rings (SSSR count). The van der Waals surface area contributed by atoms with Gasteiger partial charge in [-0.05, 0) is 90.0 Å². The average Bonchev–Trinajstić information content (AvgIpc) is 1.57. The highest BCUT2D eigenvalue weighted by atomic mass is 32.1. The molecule has 0 aliphatic carbocycles. The lowest BCUT2D eigenvalue weighted by Gasteiger charge is -2.14. The van der Waals surface area contributed by atoms with Crippen LogP contribution in [0.4, 0.5) is 0 Å². The number of pyridine rings is 2. The number of aromatic nitrogens is 10. The summed E-state index contributed by atoms with van der Waals surface area (Å²) in [4.78, 5) is 41.0. The zero-order valence-electron chi connectivity index (χ0n) is 60.1. The van der Waals surface area contributed by atoms with Crippen LogP contribution >= 0.6 is 22.7 Å². The van der Waals surface area contributed by atoms with E-state index in [-0.39, 0.29) is 0 Å². The number of hydrogen-bond donors (Lipinski definition) is 0. The largest absolute Gasteiger partial charge is 0.309 e. The molecule has 0 atom stereocenters. The van der Waals surface area contributed by atoms with Gasteiger partial charge in [-0.1, -0.05) is 285 Å². The van der Waals surface area contributed by atoms with Gasteiger partial charge >= 0.3 is 0 Å². The van der Waals surface area contributed by atoms with Crippen LogP contribution < -0.4 is 0 Å². The molecule has 22 aromatic rings. The number of nitrogens with zero attached hydrogens (tertiary/aromatic N) is 10. The molecule has 8 heterocycles. The Morgan fingerprint density at radius 1 is 0.196 bits per heavy atom. The maximum Gasteiger partial charge on any atom is 0.166 e. The van der Waals surface area contributed by atoms with E-state index in [4.69, 9.17) is 39.9 Å². The number of hydrogen-bond acceptors (Lipinski definition) is 10. The van der Waals surface area contributed by atoms with Crippen LogP contribution in [0.25, 0.3) is 208 Å². The number of para-hydroxylation sites is 4. The van der Waals surface area contributed by atoms with E-state index in [0.29, 0.717) is 34.9 Å². The van der Waals surface area contributed by atoms with Gasteiger partial charge in [0.15, 0.2) is 34.9 Å². The Morgan fingerprint density at radius 3 is 1.01 bits per heavy atom. The minimum absolute atomic E-state index is 0.574. The zero-order valence-corrected chi connectivity index (χ0v) is 61.7. The summed E-state index contributed by atoms with van der Waals surface area (Å²) in [6.45, 7) is 0. The maximum absolute atomic E-state index is 5.27. The summed E-state index contributed by atoms with van der Waals surface area (Å²) in [7, 11) is 0. The van der Waals surface area contributed by atoms with Gasteiger partial charge in [0.25, 0.3) is 0 Å².